The first-order valence-electron chi connectivity index (χ1n) is 11.9. The quantitative estimate of drug-likeness (QED) is 0.430. The number of likely N-dealkylation sites (tertiary alicyclic amines) is 1. The van der Waals surface area contributed by atoms with E-state index in [9.17, 15) is 9.59 Å². The second-order valence-electron chi connectivity index (χ2n) is 8.98. The molecule has 1 fully saturated rings. The van der Waals surface area contributed by atoms with Crippen molar-refractivity contribution in [2.45, 2.75) is 12.8 Å². The molecule has 9 nitrogen and oxygen atoms in total. The van der Waals surface area contributed by atoms with Gasteiger partial charge < -0.3 is 19.9 Å². The number of benzene rings is 2. The maximum atomic E-state index is 13.0. The SMILES string of the molecule is COc1ccccc1-c1[nH]nc2ncc(-c3ccc(NC(=O)N4CCCC4)c(C(=O)N(C)C)c3)cc12. The van der Waals surface area contributed by atoms with Crippen LogP contribution in [0.3, 0.4) is 0 Å². The van der Waals surface area contributed by atoms with Crippen LogP contribution in [-0.4, -0.2) is 71.2 Å². The van der Waals surface area contributed by atoms with Crippen LogP contribution in [0.15, 0.2) is 54.7 Å². The van der Waals surface area contributed by atoms with Gasteiger partial charge in [-0.05, 0) is 48.7 Å². The van der Waals surface area contributed by atoms with Crippen LogP contribution in [0, 0.1) is 0 Å². The standard InChI is InChI=1S/C27H28N6O3/c1-32(2)26(34)20-14-17(10-11-22(20)29-27(35)33-12-6-7-13-33)18-15-21-24(30-31-25(21)28-16-18)19-8-4-5-9-23(19)36-3/h4-5,8-11,14-16H,6-7,12-13H2,1-3H3,(H,29,35)(H,28,30,31). The Bertz CT molecular complexity index is 1440. The number of aromatic nitrogens is 3. The van der Waals surface area contributed by atoms with Crippen molar-refractivity contribution in [1.82, 2.24) is 25.0 Å². The molecule has 3 heterocycles. The zero-order valence-corrected chi connectivity index (χ0v) is 20.5. The number of amides is 3. The Morgan fingerprint density at radius 2 is 1.83 bits per heavy atom. The van der Waals surface area contributed by atoms with Gasteiger partial charge in [-0.15, -0.1) is 0 Å². The number of para-hydroxylation sites is 1. The molecule has 5 rings (SSSR count). The lowest BCUT2D eigenvalue weighted by Crippen LogP contribution is -2.33. The van der Waals surface area contributed by atoms with Gasteiger partial charge >= 0.3 is 6.03 Å². The van der Waals surface area contributed by atoms with Crippen molar-refractivity contribution in [2.75, 3.05) is 39.6 Å². The molecule has 36 heavy (non-hydrogen) atoms. The molecular formula is C27H28N6O3. The topological polar surface area (TPSA) is 103 Å². The molecule has 1 aliphatic heterocycles. The third-order valence-corrected chi connectivity index (χ3v) is 6.41. The molecule has 1 saturated heterocycles. The van der Waals surface area contributed by atoms with Crippen molar-refractivity contribution in [2.24, 2.45) is 0 Å². The summed E-state index contributed by atoms with van der Waals surface area (Å²) in [5, 5.41) is 11.2. The third-order valence-electron chi connectivity index (χ3n) is 6.41. The molecule has 2 N–H and O–H groups in total. The highest BCUT2D eigenvalue weighted by atomic mass is 16.5. The monoisotopic (exact) mass is 484 g/mol. The van der Waals surface area contributed by atoms with Crippen molar-refractivity contribution < 1.29 is 14.3 Å². The summed E-state index contributed by atoms with van der Waals surface area (Å²) in [5.74, 6) is 0.533. The van der Waals surface area contributed by atoms with Gasteiger partial charge in [0.25, 0.3) is 5.91 Å². The van der Waals surface area contributed by atoms with E-state index in [1.807, 2.05) is 36.4 Å². The smallest absolute Gasteiger partial charge is 0.321 e. The average Bonchev–Trinajstić information content (AvgIpc) is 3.58. The molecule has 2 aromatic carbocycles. The summed E-state index contributed by atoms with van der Waals surface area (Å²) in [6.07, 6.45) is 3.73. The number of carbonyl (C=O) groups is 2. The number of urea groups is 1. The van der Waals surface area contributed by atoms with E-state index in [1.165, 1.54) is 4.90 Å². The Balaban J connectivity index is 1.55. The zero-order chi connectivity index (χ0) is 25.2. The van der Waals surface area contributed by atoms with Crippen LogP contribution in [0.2, 0.25) is 0 Å². The van der Waals surface area contributed by atoms with Gasteiger partial charge in [-0.3, -0.25) is 9.89 Å². The van der Waals surface area contributed by atoms with Crippen LogP contribution in [0.4, 0.5) is 10.5 Å². The Morgan fingerprint density at radius 3 is 2.58 bits per heavy atom. The van der Waals surface area contributed by atoms with Gasteiger partial charge in [-0.25, -0.2) is 9.78 Å². The Hall–Kier alpha value is -4.40. The Morgan fingerprint density at radius 1 is 1.06 bits per heavy atom. The minimum absolute atomic E-state index is 0.184. The van der Waals surface area contributed by atoms with Gasteiger partial charge in [-0.2, -0.15) is 5.10 Å². The van der Waals surface area contributed by atoms with E-state index in [0.29, 0.717) is 16.9 Å². The lowest BCUT2D eigenvalue weighted by molar-refractivity contribution is 0.0828. The van der Waals surface area contributed by atoms with E-state index in [-0.39, 0.29) is 11.9 Å². The summed E-state index contributed by atoms with van der Waals surface area (Å²) >= 11 is 0. The highest BCUT2D eigenvalue weighted by molar-refractivity contribution is 6.04. The van der Waals surface area contributed by atoms with Crippen LogP contribution >= 0.6 is 0 Å². The predicted octanol–water partition coefficient (Wildman–Crippen LogP) is 4.63. The zero-order valence-electron chi connectivity index (χ0n) is 20.5. The second-order valence-corrected chi connectivity index (χ2v) is 8.98. The highest BCUT2D eigenvalue weighted by Crippen LogP contribution is 2.35. The fourth-order valence-corrected chi connectivity index (χ4v) is 4.48. The minimum atomic E-state index is -0.194. The Labute approximate surface area is 209 Å². The number of aromatic amines is 1. The lowest BCUT2D eigenvalue weighted by atomic mass is 10.0. The molecule has 4 aromatic rings. The molecule has 0 saturated carbocycles. The van der Waals surface area contributed by atoms with Crippen LogP contribution in [-0.2, 0) is 0 Å². The van der Waals surface area contributed by atoms with E-state index in [2.05, 4.69) is 20.5 Å². The van der Waals surface area contributed by atoms with Crippen molar-refractivity contribution >= 4 is 28.7 Å². The fourth-order valence-electron chi connectivity index (χ4n) is 4.48. The number of anilines is 1. The second kappa shape index (κ2) is 9.69. The van der Waals surface area contributed by atoms with Crippen molar-refractivity contribution in [3.05, 3.63) is 60.3 Å². The van der Waals surface area contributed by atoms with Crippen LogP contribution in [0.25, 0.3) is 33.4 Å². The number of H-pyrrole nitrogens is 1. The van der Waals surface area contributed by atoms with E-state index in [0.717, 1.165) is 59.5 Å². The number of nitrogens with one attached hydrogen (secondary N) is 2. The lowest BCUT2D eigenvalue weighted by Gasteiger charge is -2.20. The molecule has 0 unspecified atom stereocenters. The van der Waals surface area contributed by atoms with Crippen LogP contribution in [0.1, 0.15) is 23.2 Å². The van der Waals surface area contributed by atoms with E-state index in [4.69, 9.17) is 4.74 Å². The average molecular weight is 485 g/mol. The number of pyridine rings is 1. The van der Waals surface area contributed by atoms with Gasteiger partial charge in [0.05, 0.1) is 24.1 Å². The summed E-state index contributed by atoms with van der Waals surface area (Å²) in [7, 11) is 5.02. The summed E-state index contributed by atoms with van der Waals surface area (Å²) in [6.45, 7) is 1.46. The first kappa shape index (κ1) is 23.3. The number of carbonyl (C=O) groups excluding carboxylic acids is 2. The molecule has 0 spiro atoms. The first-order chi connectivity index (χ1) is 17.5. The van der Waals surface area contributed by atoms with Crippen LogP contribution in [0.5, 0.6) is 5.75 Å². The number of rotatable bonds is 5. The number of methoxy groups -OCH3 is 1. The number of fused-ring (bicyclic) bond motifs is 1. The van der Waals surface area contributed by atoms with Crippen LogP contribution < -0.4 is 10.1 Å². The third kappa shape index (κ3) is 4.35. The van der Waals surface area contributed by atoms with Gasteiger partial charge in [0.1, 0.15) is 5.75 Å². The Kier molecular flexibility index (Phi) is 6.28. The summed E-state index contributed by atoms with van der Waals surface area (Å²) < 4.78 is 5.53. The van der Waals surface area contributed by atoms with Crippen molar-refractivity contribution in [3.63, 3.8) is 0 Å². The van der Waals surface area contributed by atoms with E-state index < -0.39 is 0 Å². The maximum Gasteiger partial charge on any atom is 0.321 e. The number of ether oxygens (including phenoxy) is 1. The molecule has 184 valence electrons. The predicted molar refractivity (Wildman–Crippen MR) is 139 cm³/mol. The molecular weight excluding hydrogens is 456 g/mol. The molecule has 0 bridgehead atoms. The largest absolute Gasteiger partial charge is 0.496 e. The highest BCUT2D eigenvalue weighted by Gasteiger charge is 2.22. The normalized spacial score (nSPS) is 13.1. The summed E-state index contributed by atoms with van der Waals surface area (Å²) in [4.78, 5) is 33.6. The maximum absolute atomic E-state index is 13.0. The molecule has 0 aliphatic carbocycles. The number of nitrogens with zero attached hydrogens (tertiary/aromatic N) is 4. The minimum Gasteiger partial charge on any atom is -0.496 e. The van der Waals surface area contributed by atoms with Crippen molar-refractivity contribution in [3.8, 4) is 28.1 Å². The summed E-state index contributed by atoms with van der Waals surface area (Å²) in [6, 6.07) is 15.0. The molecule has 9 heteroatoms. The molecule has 1 aliphatic rings. The molecule has 3 amide bonds. The molecule has 0 radical (unpaired) electrons. The fraction of sp³-hybridized carbons (Fsp3) is 0.259. The van der Waals surface area contributed by atoms with E-state index in [1.54, 1.807) is 44.4 Å². The van der Waals surface area contributed by atoms with Gasteiger partial charge in [0.15, 0.2) is 5.65 Å². The number of hydrogen-bond donors (Lipinski definition) is 2. The summed E-state index contributed by atoms with van der Waals surface area (Å²) in [5.41, 5.74) is 4.80. The van der Waals surface area contributed by atoms with Crippen molar-refractivity contribution in [1.29, 1.82) is 0 Å². The molecule has 0 atom stereocenters. The molecule has 2 aromatic heterocycles. The van der Waals surface area contributed by atoms with Gasteiger partial charge in [-0.1, -0.05) is 18.2 Å². The van der Waals surface area contributed by atoms with Gasteiger partial charge in [0, 0.05) is 49.9 Å². The number of hydrogen-bond acceptors (Lipinski definition) is 5. The van der Waals surface area contributed by atoms with E-state index >= 15 is 0 Å². The van der Waals surface area contributed by atoms with Gasteiger partial charge in [0.2, 0.25) is 0 Å². The first-order valence-corrected chi connectivity index (χ1v) is 11.9.